The minimum absolute atomic E-state index is 0.193. The second kappa shape index (κ2) is 8.11. The summed E-state index contributed by atoms with van der Waals surface area (Å²) in [6, 6.07) is 1.64. The molecule has 0 fully saturated rings. The third kappa shape index (κ3) is 4.32. The smallest absolute Gasteiger partial charge is 0.341 e. The second-order valence-corrected chi connectivity index (χ2v) is 6.35. The average Bonchev–Trinajstić information content (AvgIpc) is 3.11. The van der Waals surface area contributed by atoms with Gasteiger partial charge in [0.25, 0.3) is 0 Å². The van der Waals surface area contributed by atoms with Gasteiger partial charge < -0.3 is 14.6 Å². The van der Waals surface area contributed by atoms with Crippen LogP contribution < -0.4 is 5.32 Å². The molecule has 0 aliphatic heterocycles. The lowest BCUT2D eigenvalue weighted by atomic mass is 10.3. The van der Waals surface area contributed by atoms with Crippen LogP contribution in [-0.2, 0) is 16.1 Å². The topological polar surface area (TPSA) is 86.1 Å². The first kappa shape index (κ1) is 17.5. The number of ether oxygens (including phenoxy) is 1. The van der Waals surface area contributed by atoms with E-state index in [9.17, 15) is 9.59 Å². The van der Waals surface area contributed by atoms with E-state index in [1.165, 1.54) is 23.1 Å². The highest BCUT2D eigenvalue weighted by atomic mass is 32.2. The second-order valence-electron chi connectivity index (χ2n) is 4.49. The Labute approximate surface area is 142 Å². The first-order chi connectivity index (χ1) is 11.1. The van der Waals surface area contributed by atoms with Crippen molar-refractivity contribution < 1.29 is 14.3 Å². The minimum atomic E-state index is -0.432. The van der Waals surface area contributed by atoms with Gasteiger partial charge in [-0.2, -0.15) is 0 Å². The van der Waals surface area contributed by atoms with Crippen molar-refractivity contribution in [3.05, 3.63) is 22.8 Å². The highest BCUT2D eigenvalue weighted by Crippen LogP contribution is 2.25. The van der Waals surface area contributed by atoms with Gasteiger partial charge in [0, 0.05) is 6.54 Å². The van der Waals surface area contributed by atoms with Crippen molar-refractivity contribution in [3.8, 4) is 0 Å². The van der Waals surface area contributed by atoms with E-state index in [-0.39, 0.29) is 11.7 Å². The van der Waals surface area contributed by atoms with Crippen LogP contribution in [0.25, 0.3) is 0 Å². The summed E-state index contributed by atoms with van der Waals surface area (Å²) >= 11 is 2.60. The molecule has 1 N–H and O–H groups in total. The van der Waals surface area contributed by atoms with Gasteiger partial charge in [-0.25, -0.2) is 4.79 Å². The Morgan fingerprint density at radius 1 is 1.39 bits per heavy atom. The van der Waals surface area contributed by atoms with E-state index in [4.69, 9.17) is 4.74 Å². The summed E-state index contributed by atoms with van der Waals surface area (Å²) in [7, 11) is 0. The predicted octanol–water partition coefficient (Wildman–Crippen LogP) is 2.58. The molecule has 2 aromatic heterocycles. The van der Waals surface area contributed by atoms with E-state index in [2.05, 4.69) is 15.5 Å². The van der Waals surface area contributed by atoms with Crippen molar-refractivity contribution in [1.82, 2.24) is 14.8 Å². The molecule has 0 aliphatic carbocycles. The molecule has 0 spiro atoms. The normalized spacial score (nSPS) is 10.6. The van der Waals surface area contributed by atoms with Crippen molar-refractivity contribution >= 4 is 40.0 Å². The molecule has 0 bridgehead atoms. The molecule has 2 heterocycles. The number of hydrogen-bond donors (Lipinski definition) is 1. The van der Waals surface area contributed by atoms with Crippen molar-refractivity contribution in [2.45, 2.75) is 32.5 Å². The number of carbonyl (C=O) groups excluding carboxylic acids is 2. The molecule has 0 unspecified atom stereocenters. The van der Waals surface area contributed by atoms with Crippen LogP contribution in [0.15, 0.2) is 16.6 Å². The summed E-state index contributed by atoms with van der Waals surface area (Å²) in [4.78, 5) is 23.9. The lowest BCUT2D eigenvalue weighted by molar-refractivity contribution is -0.113. The quantitative estimate of drug-likeness (QED) is 0.607. The van der Waals surface area contributed by atoms with Crippen LogP contribution in [0.3, 0.4) is 0 Å². The number of esters is 1. The predicted molar refractivity (Wildman–Crippen MR) is 90.1 cm³/mol. The van der Waals surface area contributed by atoms with Gasteiger partial charge in [-0.05, 0) is 32.2 Å². The van der Waals surface area contributed by atoms with Crippen LogP contribution >= 0.6 is 23.1 Å². The number of carbonyl (C=O) groups is 2. The van der Waals surface area contributed by atoms with Crippen molar-refractivity contribution in [2.24, 2.45) is 0 Å². The number of amides is 1. The zero-order valence-electron chi connectivity index (χ0n) is 13.2. The summed E-state index contributed by atoms with van der Waals surface area (Å²) in [5.74, 6) is 0.376. The van der Waals surface area contributed by atoms with Gasteiger partial charge in [-0.1, -0.05) is 11.8 Å². The van der Waals surface area contributed by atoms with Crippen molar-refractivity contribution in [1.29, 1.82) is 0 Å². The van der Waals surface area contributed by atoms with E-state index < -0.39 is 5.97 Å². The van der Waals surface area contributed by atoms with Gasteiger partial charge in [0.1, 0.15) is 10.8 Å². The SMILES string of the molecule is CCOC(=O)c1ccsc1NC(=O)CSc1nnc(C)n1CC. The van der Waals surface area contributed by atoms with Crippen LogP contribution in [0.1, 0.15) is 30.0 Å². The lowest BCUT2D eigenvalue weighted by Gasteiger charge is -2.07. The first-order valence-electron chi connectivity index (χ1n) is 7.13. The van der Waals surface area contributed by atoms with E-state index in [0.29, 0.717) is 22.3 Å². The summed E-state index contributed by atoms with van der Waals surface area (Å²) in [5, 5.41) is 13.7. The number of rotatable bonds is 7. The standard InChI is InChI=1S/C14H18N4O3S2/c1-4-18-9(3)16-17-14(18)23-8-11(19)15-12-10(6-7-22-12)13(20)21-5-2/h6-7H,4-5,8H2,1-3H3,(H,15,19). The molecular formula is C14H18N4O3S2. The zero-order chi connectivity index (χ0) is 16.8. The van der Waals surface area contributed by atoms with Crippen molar-refractivity contribution in [3.63, 3.8) is 0 Å². The molecule has 0 atom stereocenters. The van der Waals surface area contributed by atoms with Gasteiger partial charge in [-0.15, -0.1) is 21.5 Å². The fraction of sp³-hybridized carbons (Fsp3) is 0.429. The Kier molecular flexibility index (Phi) is 6.17. The third-order valence-electron chi connectivity index (χ3n) is 2.96. The maximum atomic E-state index is 12.1. The van der Waals surface area contributed by atoms with Crippen LogP contribution in [0.5, 0.6) is 0 Å². The minimum Gasteiger partial charge on any atom is -0.462 e. The number of anilines is 1. The maximum Gasteiger partial charge on any atom is 0.341 e. The Bertz CT molecular complexity index is 696. The van der Waals surface area contributed by atoms with Crippen LogP contribution in [-0.4, -0.2) is 39.0 Å². The Morgan fingerprint density at radius 3 is 2.87 bits per heavy atom. The number of aromatic nitrogens is 3. The number of thiophene rings is 1. The number of nitrogens with one attached hydrogen (secondary N) is 1. The van der Waals surface area contributed by atoms with E-state index in [1.807, 2.05) is 18.4 Å². The number of aryl methyl sites for hydroxylation is 1. The molecule has 0 saturated heterocycles. The molecular weight excluding hydrogens is 336 g/mol. The van der Waals surface area contributed by atoms with E-state index in [0.717, 1.165) is 12.4 Å². The van der Waals surface area contributed by atoms with Gasteiger partial charge in [0.05, 0.1) is 17.9 Å². The van der Waals surface area contributed by atoms with Crippen LogP contribution in [0, 0.1) is 6.92 Å². The molecule has 0 saturated carbocycles. The van der Waals surface area contributed by atoms with E-state index in [1.54, 1.807) is 18.4 Å². The summed E-state index contributed by atoms with van der Waals surface area (Å²) < 4.78 is 6.90. The first-order valence-corrected chi connectivity index (χ1v) is 9.00. The number of hydrogen-bond acceptors (Lipinski definition) is 7. The maximum absolute atomic E-state index is 12.1. The van der Waals surface area contributed by atoms with Gasteiger partial charge in [0.2, 0.25) is 5.91 Å². The summed E-state index contributed by atoms with van der Waals surface area (Å²) in [5.41, 5.74) is 0.378. The van der Waals surface area contributed by atoms with Gasteiger partial charge >= 0.3 is 5.97 Å². The number of nitrogens with zero attached hydrogens (tertiary/aromatic N) is 3. The molecule has 1 amide bonds. The zero-order valence-corrected chi connectivity index (χ0v) is 14.8. The average molecular weight is 354 g/mol. The molecule has 124 valence electrons. The monoisotopic (exact) mass is 354 g/mol. The highest BCUT2D eigenvalue weighted by Gasteiger charge is 2.17. The third-order valence-corrected chi connectivity index (χ3v) is 4.76. The molecule has 23 heavy (non-hydrogen) atoms. The molecule has 7 nitrogen and oxygen atoms in total. The van der Waals surface area contributed by atoms with Crippen LogP contribution in [0.4, 0.5) is 5.00 Å². The molecule has 9 heteroatoms. The Morgan fingerprint density at radius 2 is 2.17 bits per heavy atom. The lowest BCUT2D eigenvalue weighted by Crippen LogP contribution is -2.16. The molecule has 2 rings (SSSR count). The fourth-order valence-electron chi connectivity index (χ4n) is 1.90. The number of thioether (sulfide) groups is 1. The Balaban J connectivity index is 1.95. The summed E-state index contributed by atoms with van der Waals surface area (Å²) in [6.45, 7) is 6.66. The van der Waals surface area contributed by atoms with Gasteiger partial charge in [0.15, 0.2) is 5.16 Å². The van der Waals surface area contributed by atoms with E-state index >= 15 is 0 Å². The molecule has 0 radical (unpaired) electrons. The molecule has 0 aromatic carbocycles. The fourth-order valence-corrected chi connectivity index (χ4v) is 3.54. The molecule has 2 aromatic rings. The van der Waals surface area contributed by atoms with Crippen molar-refractivity contribution in [2.75, 3.05) is 17.7 Å². The van der Waals surface area contributed by atoms with Crippen LogP contribution in [0.2, 0.25) is 0 Å². The summed E-state index contributed by atoms with van der Waals surface area (Å²) in [6.07, 6.45) is 0. The van der Waals surface area contributed by atoms with Gasteiger partial charge in [-0.3, -0.25) is 4.79 Å². The Hall–Kier alpha value is -1.87. The molecule has 0 aliphatic rings. The highest BCUT2D eigenvalue weighted by molar-refractivity contribution is 7.99. The largest absolute Gasteiger partial charge is 0.462 e.